The lowest BCUT2D eigenvalue weighted by Crippen LogP contribution is -2.46. The van der Waals surface area contributed by atoms with Crippen molar-refractivity contribution in [1.29, 1.82) is 0 Å². The molecule has 0 spiro atoms. The third-order valence-electron chi connectivity index (χ3n) is 3.29. The molecule has 1 aliphatic heterocycles. The number of halogens is 1. The third kappa shape index (κ3) is 3.24. The maximum atomic E-state index is 11.7. The minimum Gasteiger partial charge on any atom is -0.381 e. The van der Waals surface area contributed by atoms with Crippen LogP contribution in [0.3, 0.4) is 0 Å². The second-order valence-corrected chi connectivity index (χ2v) is 4.93. The first-order valence-electron chi connectivity index (χ1n) is 5.93. The monoisotopic (exact) mass is 285 g/mol. The highest BCUT2D eigenvalue weighted by Crippen LogP contribution is 2.30. The molecule has 1 amide bonds. The predicted molar refractivity (Wildman–Crippen MR) is 71.6 cm³/mol. The highest BCUT2D eigenvalue weighted by Gasteiger charge is 2.38. The second-order valence-electron chi connectivity index (χ2n) is 4.54. The number of hydrogen-bond acceptors (Lipinski definition) is 6. The Labute approximate surface area is 115 Å². The number of amides is 1. The molecule has 0 atom stereocenters. The number of nitrogens with two attached hydrogens (primary N) is 2. The Balaban J connectivity index is 2.08. The summed E-state index contributed by atoms with van der Waals surface area (Å²) in [6.45, 7) is 1.42. The van der Waals surface area contributed by atoms with E-state index in [-0.39, 0.29) is 17.0 Å². The molecule has 1 fully saturated rings. The highest BCUT2D eigenvalue weighted by molar-refractivity contribution is 6.29. The zero-order valence-electron chi connectivity index (χ0n) is 10.4. The Kier molecular flexibility index (Phi) is 4.06. The molecule has 1 aromatic rings. The van der Waals surface area contributed by atoms with Gasteiger partial charge in [-0.25, -0.2) is 4.98 Å². The molecule has 1 saturated heterocycles. The molecule has 0 unspecified atom stereocenters. The molecule has 5 N–H and O–H groups in total. The summed E-state index contributed by atoms with van der Waals surface area (Å²) < 4.78 is 5.26. The van der Waals surface area contributed by atoms with Gasteiger partial charge in [-0.15, -0.1) is 0 Å². The molecule has 0 aliphatic carbocycles. The first-order chi connectivity index (χ1) is 9.02. The summed E-state index contributed by atoms with van der Waals surface area (Å²) in [6, 6.07) is 1.55. The van der Waals surface area contributed by atoms with Gasteiger partial charge in [-0.3, -0.25) is 4.79 Å². The van der Waals surface area contributed by atoms with Crippen LogP contribution in [0, 0.1) is 5.41 Å². The smallest absolute Gasteiger partial charge is 0.225 e. The van der Waals surface area contributed by atoms with Crippen molar-refractivity contribution in [3.05, 3.63) is 11.2 Å². The van der Waals surface area contributed by atoms with E-state index in [9.17, 15) is 4.79 Å². The quantitative estimate of drug-likeness (QED) is 0.690. The molecular formula is C11H16ClN5O2. The zero-order chi connectivity index (χ0) is 13.9. The van der Waals surface area contributed by atoms with Crippen molar-refractivity contribution in [2.75, 3.05) is 30.8 Å². The molecule has 19 heavy (non-hydrogen) atoms. The Morgan fingerprint density at radius 1 is 1.47 bits per heavy atom. The third-order valence-corrected chi connectivity index (χ3v) is 3.49. The van der Waals surface area contributed by atoms with Gasteiger partial charge in [0.15, 0.2) is 0 Å². The Morgan fingerprint density at radius 2 is 2.16 bits per heavy atom. The van der Waals surface area contributed by atoms with Gasteiger partial charge in [0.05, 0.1) is 5.41 Å². The lowest BCUT2D eigenvalue weighted by molar-refractivity contribution is -0.132. The van der Waals surface area contributed by atoms with E-state index in [0.717, 1.165) is 0 Å². The predicted octanol–water partition coefficient (Wildman–Crippen LogP) is 0.406. The number of ether oxygens (including phenoxy) is 1. The molecule has 8 heteroatoms. The van der Waals surface area contributed by atoms with Crippen LogP contribution in [-0.2, 0) is 9.53 Å². The Bertz CT molecular complexity index is 456. The van der Waals surface area contributed by atoms with Crippen molar-refractivity contribution in [2.45, 2.75) is 12.8 Å². The molecule has 1 aromatic heterocycles. The fourth-order valence-electron chi connectivity index (χ4n) is 2.06. The van der Waals surface area contributed by atoms with Gasteiger partial charge in [0.25, 0.3) is 0 Å². The van der Waals surface area contributed by atoms with Crippen molar-refractivity contribution in [2.24, 2.45) is 11.1 Å². The first-order valence-corrected chi connectivity index (χ1v) is 6.31. The summed E-state index contributed by atoms with van der Waals surface area (Å²) in [5, 5.41) is 3.29. The van der Waals surface area contributed by atoms with Crippen LogP contribution in [0.5, 0.6) is 0 Å². The number of hydrogen-bond donors (Lipinski definition) is 3. The molecular weight excluding hydrogens is 270 g/mol. The van der Waals surface area contributed by atoms with Crippen molar-refractivity contribution >= 4 is 29.3 Å². The van der Waals surface area contributed by atoms with Gasteiger partial charge in [-0.05, 0) is 12.8 Å². The van der Waals surface area contributed by atoms with Gasteiger partial charge in [-0.1, -0.05) is 11.6 Å². The fraction of sp³-hybridized carbons (Fsp3) is 0.545. The highest BCUT2D eigenvalue weighted by atomic mass is 35.5. The number of primary amides is 1. The maximum absolute atomic E-state index is 11.7. The minimum absolute atomic E-state index is 0.0788. The summed E-state index contributed by atoms with van der Waals surface area (Å²) in [7, 11) is 0. The van der Waals surface area contributed by atoms with Gasteiger partial charge in [0.1, 0.15) is 11.0 Å². The van der Waals surface area contributed by atoms with Crippen molar-refractivity contribution in [3.63, 3.8) is 0 Å². The number of nitrogen functional groups attached to an aromatic ring is 1. The zero-order valence-corrected chi connectivity index (χ0v) is 11.1. The Hall–Kier alpha value is -1.60. The van der Waals surface area contributed by atoms with E-state index < -0.39 is 5.41 Å². The van der Waals surface area contributed by atoms with Crippen LogP contribution >= 0.6 is 11.6 Å². The van der Waals surface area contributed by atoms with E-state index in [2.05, 4.69) is 15.3 Å². The van der Waals surface area contributed by atoms with E-state index in [1.807, 2.05) is 0 Å². The van der Waals surface area contributed by atoms with Crippen LogP contribution in [0.1, 0.15) is 12.8 Å². The number of carbonyl (C=O) groups excluding carboxylic acids is 1. The SMILES string of the molecule is NC(=O)C1(CNc2cc(Cl)nc(N)n2)CCOCC1. The van der Waals surface area contributed by atoms with Crippen LogP contribution in [-0.4, -0.2) is 35.6 Å². The van der Waals surface area contributed by atoms with E-state index in [1.165, 1.54) is 0 Å². The molecule has 1 aliphatic rings. The normalized spacial score (nSPS) is 17.9. The molecule has 0 saturated carbocycles. The van der Waals surface area contributed by atoms with Gasteiger partial charge in [0, 0.05) is 25.8 Å². The van der Waals surface area contributed by atoms with Crippen LogP contribution in [0.15, 0.2) is 6.07 Å². The molecule has 7 nitrogen and oxygen atoms in total. The number of nitrogens with one attached hydrogen (secondary N) is 1. The number of aromatic nitrogens is 2. The molecule has 2 rings (SSSR count). The lowest BCUT2D eigenvalue weighted by Gasteiger charge is -2.34. The summed E-state index contributed by atoms with van der Waals surface area (Å²) in [4.78, 5) is 19.4. The van der Waals surface area contributed by atoms with Crippen LogP contribution < -0.4 is 16.8 Å². The number of anilines is 2. The average Bonchev–Trinajstić information content (AvgIpc) is 2.36. The topological polar surface area (TPSA) is 116 Å². The van der Waals surface area contributed by atoms with Crippen LogP contribution in [0.4, 0.5) is 11.8 Å². The van der Waals surface area contributed by atoms with Crippen LogP contribution in [0.25, 0.3) is 0 Å². The lowest BCUT2D eigenvalue weighted by atomic mass is 9.79. The van der Waals surface area contributed by atoms with Crippen molar-refractivity contribution in [1.82, 2.24) is 9.97 Å². The van der Waals surface area contributed by atoms with Gasteiger partial charge < -0.3 is 21.5 Å². The molecule has 0 aromatic carbocycles. The summed E-state index contributed by atoms with van der Waals surface area (Å²) in [5.74, 6) is 0.219. The van der Waals surface area contributed by atoms with E-state index in [4.69, 9.17) is 27.8 Å². The van der Waals surface area contributed by atoms with Crippen molar-refractivity contribution < 1.29 is 9.53 Å². The van der Waals surface area contributed by atoms with Crippen molar-refractivity contribution in [3.8, 4) is 0 Å². The van der Waals surface area contributed by atoms with Crippen LogP contribution in [0.2, 0.25) is 5.15 Å². The van der Waals surface area contributed by atoms with E-state index in [0.29, 0.717) is 38.4 Å². The number of nitrogens with zero attached hydrogens (tertiary/aromatic N) is 2. The summed E-state index contributed by atoms with van der Waals surface area (Å²) in [5.41, 5.74) is 10.4. The number of rotatable bonds is 4. The average molecular weight is 286 g/mol. The summed E-state index contributed by atoms with van der Waals surface area (Å²) >= 11 is 5.79. The first kappa shape index (κ1) is 13.8. The largest absolute Gasteiger partial charge is 0.381 e. The number of carbonyl (C=O) groups is 1. The molecule has 0 radical (unpaired) electrons. The van der Waals surface area contributed by atoms with Gasteiger partial charge in [0.2, 0.25) is 11.9 Å². The molecule has 104 valence electrons. The maximum Gasteiger partial charge on any atom is 0.225 e. The molecule has 2 heterocycles. The minimum atomic E-state index is -0.621. The van der Waals surface area contributed by atoms with E-state index >= 15 is 0 Å². The molecule has 0 bridgehead atoms. The fourth-order valence-corrected chi connectivity index (χ4v) is 2.25. The van der Waals surface area contributed by atoms with E-state index in [1.54, 1.807) is 6.07 Å². The summed E-state index contributed by atoms with van der Waals surface area (Å²) in [6.07, 6.45) is 1.17. The van der Waals surface area contributed by atoms with Gasteiger partial charge in [-0.2, -0.15) is 4.98 Å². The van der Waals surface area contributed by atoms with Gasteiger partial charge >= 0.3 is 0 Å². The second kappa shape index (κ2) is 5.58. The standard InChI is InChI=1S/C11H16ClN5O2/c12-7-5-8(17-10(14)16-7)15-6-11(9(13)18)1-3-19-4-2-11/h5H,1-4,6H2,(H2,13,18)(H3,14,15,16,17). The Morgan fingerprint density at radius 3 is 2.74 bits per heavy atom.